The number of thiophene rings is 1. The third-order valence-electron chi connectivity index (χ3n) is 4.18. The Morgan fingerprint density at radius 1 is 1.24 bits per heavy atom. The minimum atomic E-state index is 0.0197. The quantitative estimate of drug-likeness (QED) is 0.505. The van der Waals surface area contributed by atoms with Crippen LogP contribution in [0, 0.1) is 13.8 Å². The summed E-state index contributed by atoms with van der Waals surface area (Å²) in [4.78, 5) is 23.3. The SMILES string of the molecule is Cc1sc2ncnc(SCCC(=O)NC(C)c3ccccc3)c2c1C. The van der Waals surface area contributed by atoms with Gasteiger partial charge in [0.25, 0.3) is 0 Å². The minimum absolute atomic E-state index is 0.0197. The number of benzene rings is 1. The molecule has 3 aromatic rings. The van der Waals surface area contributed by atoms with Crippen molar-refractivity contribution >= 4 is 39.2 Å². The Hall–Kier alpha value is -1.92. The molecule has 0 aliphatic carbocycles. The third kappa shape index (κ3) is 4.19. The first-order valence-corrected chi connectivity index (χ1v) is 10.0. The molecule has 1 N–H and O–H groups in total. The summed E-state index contributed by atoms with van der Waals surface area (Å²) in [5.41, 5.74) is 2.36. The van der Waals surface area contributed by atoms with Crippen LogP contribution < -0.4 is 5.32 Å². The maximum absolute atomic E-state index is 12.2. The molecule has 1 atom stereocenters. The molecule has 2 aromatic heterocycles. The number of fused-ring (bicyclic) bond motifs is 1. The molecule has 25 heavy (non-hydrogen) atoms. The van der Waals surface area contributed by atoms with Gasteiger partial charge >= 0.3 is 0 Å². The molecule has 1 unspecified atom stereocenters. The van der Waals surface area contributed by atoms with Gasteiger partial charge in [0, 0.05) is 22.4 Å². The number of carbonyl (C=O) groups is 1. The van der Waals surface area contributed by atoms with E-state index in [0.29, 0.717) is 12.2 Å². The second kappa shape index (κ2) is 7.97. The molecule has 0 spiro atoms. The van der Waals surface area contributed by atoms with E-state index in [4.69, 9.17) is 0 Å². The highest BCUT2D eigenvalue weighted by molar-refractivity contribution is 7.99. The molecule has 2 heterocycles. The molecule has 0 saturated heterocycles. The zero-order chi connectivity index (χ0) is 17.8. The molecule has 3 rings (SSSR count). The van der Waals surface area contributed by atoms with E-state index in [2.05, 4.69) is 29.1 Å². The van der Waals surface area contributed by atoms with E-state index in [1.54, 1.807) is 29.4 Å². The van der Waals surface area contributed by atoms with Crippen LogP contribution in [0.4, 0.5) is 0 Å². The van der Waals surface area contributed by atoms with Crippen LogP contribution in [-0.2, 0) is 4.79 Å². The van der Waals surface area contributed by atoms with E-state index in [0.717, 1.165) is 20.8 Å². The van der Waals surface area contributed by atoms with Gasteiger partial charge in [-0.25, -0.2) is 9.97 Å². The molecule has 1 amide bonds. The van der Waals surface area contributed by atoms with Gasteiger partial charge in [-0.15, -0.1) is 23.1 Å². The summed E-state index contributed by atoms with van der Waals surface area (Å²) in [5, 5.41) is 5.15. The van der Waals surface area contributed by atoms with Gasteiger partial charge in [0.05, 0.1) is 6.04 Å². The fourth-order valence-electron chi connectivity index (χ4n) is 2.64. The number of nitrogens with one attached hydrogen (secondary N) is 1. The average molecular weight is 372 g/mol. The van der Waals surface area contributed by atoms with E-state index < -0.39 is 0 Å². The summed E-state index contributed by atoms with van der Waals surface area (Å²) in [7, 11) is 0. The molecule has 0 fully saturated rings. The second-order valence-electron chi connectivity index (χ2n) is 5.94. The van der Waals surface area contributed by atoms with Crippen molar-refractivity contribution in [3.05, 3.63) is 52.7 Å². The maximum atomic E-state index is 12.2. The summed E-state index contributed by atoms with van der Waals surface area (Å²) < 4.78 is 0. The van der Waals surface area contributed by atoms with Gasteiger partial charge in [-0.05, 0) is 31.9 Å². The topological polar surface area (TPSA) is 54.9 Å². The highest BCUT2D eigenvalue weighted by Gasteiger charge is 2.13. The smallest absolute Gasteiger partial charge is 0.221 e. The first kappa shape index (κ1) is 17.9. The van der Waals surface area contributed by atoms with Crippen molar-refractivity contribution in [2.75, 3.05) is 5.75 Å². The van der Waals surface area contributed by atoms with E-state index in [1.807, 2.05) is 37.3 Å². The number of hydrogen-bond acceptors (Lipinski definition) is 5. The summed E-state index contributed by atoms with van der Waals surface area (Å²) in [6.45, 7) is 6.22. The first-order valence-electron chi connectivity index (χ1n) is 8.24. The molecular weight excluding hydrogens is 350 g/mol. The molecule has 0 bridgehead atoms. The monoisotopic (exact) mass is 371 g/mol. The van der Waals surface area contributed by atoms with Gasteiger partial charge in [-0.3, -0.25) is 4.79 Å². The van der Waals surface area contributed by atoms with E-state index >= 15 is 0 Å². The predicted molar refractivity (Wildman–Crippen MR) is 105 cm³/mol. The Kier molecular flexibility index (Phi) is 5.71. The van der Waals surface area contributed by atoms with Gasteiger partial charge in [0.15, 0.2) is 0 Å². The number of aromatic nitrogens is 2. The van der Waals surface area contributed by atoms with E-state index in [1.165, 1.54) is 10.4 Å². The van der Waals surface area contributed by atoms with Crippen LogP contribution in [0.15, 0.2) is 41.7 Å². The van der Waals surface area contributed by atoms with Crippen molar-refractivity contribution in [3.8, 4) is 0 Å². The second-order valence-corrected chi connectivity index (χ2v) is 8.23. The largest absolute Gasteiger partial charge is 0.350 e. The fourth-order valence-corrected chi connectivity index (χ4v) is 4.70. The molecule has 4 nitrogen and oxygen atoms in total. The van der Waals surface area contributed by atoms with Crippen molar-refractivity contribution in [1.29, 1.82) is 0 Å². The molecular formula is C19H21N3OS2. The molecule has 0 saturated carbocycles. The Labute approximate surface area is 156 Å². The van der Waals surface area contributed by atoms with Crippen molar-refractivity contribution in [3.63, 3.8) is 0 Å². The minimum Gasteiger partial charge on any atom is -0.350 e. The summed E-state index contributed by atoms with van der Waals surface area (Å²) in [6, 6.07) is 10.0. The average Bonchev–Trinajstić information content (AvgIpc) is 2.91. The van der Waals surface area contributed by atoms with Gasteiger partial charge in [-0.1, -0.05) is 30.3 Å². The molecule has 0 aliphatic rings. The van der Waals surface area contributed by atoms with Crippen LogP contribution in [0.5, 0.6) is 0 Å². The number of hydrogen-bond donors (Lipinski definition) is 1. The molecule has 1 aromatic carbocycles. The summed E-state index contributed by atoms with van der Waals surface area (Å²) in [5.74, 6) is 0.765. The van der Waals surface area contributed by atoms with Gasteiger partial charge in [0.1, 0.15) is 16.2 Å². The van der Waals surface area contributed by atoms with Crippen LogP contribution in [0.25, 0.3) is 10.2 Å². The van der Waals surface area contributed by atoms with Crippen LogP contribution in [0.3, 0.4) is 0 Å². The van der Waals surface area contributed by atoms with E-state index in [-0.39, 0.29) is 11.9 Å². The molecule has 6 heteroatoms. The maximum Gasteiger partial charge on any atom is 0.221 e. The van der Waals surface area contributed by atoms with Gasteiger partial charge in [-0.2, -0.15) is 0 Å². The lowest BCUT2D eigenvalue weighted by Crippen LogP contribution is -2.26. The van der Waals surface area contributed by atoms with E-state index in [9.17, 15) is 4.79 Å². The first-order chi connectivity index (χ1) is 12.1. The molecule has 0 aliphatic heterocycles. The lowest BCUT2D eigenvalue weighted by molar-refractivity contribution is -0.121. The van der Waals surface area contributed by atoms with Crippen molar-refractivity contribution < 1.29 is 4.79 Å². The fraction of sp³-hybridized carbons (Fsp3) is 0.316. The number of rotatable bonds is 6. The Morgan fingerprint density at radius 3 is 2.76 bits per heavy atom. The van der Waals surface area contributed by atoms with Crippen LogP contribution in [0.1, 0.15) is 35.4 Å². The number of thioether (sulfide) groups is 1. The Morgan fingerprint density at radius 2 is 2.00 bits per heavy atom. The lowest BCUT2D eigenvalue weighted by atomic mass is 10.1. The summed E-state index contributed by atoms with van der Waals surface area (Å²) >= 11 is 3.32. The standard InChI is InChI=1S/C19H21N3OS2/c1-12-14(3)25-19-17(12)18(20-11-21-19)24-10-9-16(23)22-13(2)15-7-5-4-6-8-15/h4-8,11,13H,9-10H2,1-3H3,(H,22,23). The number of aryl methyl sites for hydroxylation is 2. The van der Waals surface area contributed by atoms with Gasteiger partial charge < -0.3 is 5.32 Å². The third-order valence-corrected chi connectivity index (χ3v) is 6.28. The molecule has 0 radical (unpaired) electrons. The van der Waals surface area contributed by atoms with Crippen molar-refractivity contribution in [2.45, 2.75) is 38.3 Å². The zero-order valence-corrected chi connectivity index (χ0v) is 16.2. The van der Waals surface area contributed by atoms with Crippen LogP contribution >= 0.6 is 23.1 Å². The van der Waals surface area contributed by atoms with Gasteiger partial charge in [0.2, 0.25) is 5.91 Å². The lowest BCUT2D eigenvalue weighted by Gasteiger charge is -2.14. The van der Waals surface area contributed by atoms with Crippen molar-refractivity contribution in [1.82, 2.24) is 15.3 Å². The highest BCUT2D eigenvalue weighted by atomic mass is 32.2. The number of amides is 1. The van der Waals surface area contributed by atoms with Crippen LogP contribution in [0.2, 0.25) is 0 Å². The highest BCUT2D eigenvalue weighted by Crippen LogP contribution is 2.34. The summed E-state index contributed by atoms with van der Waals surface area (Å²) in [6.07, 6.45) is 2.08. The Bertz CT molecular complexity index is 877. The number of nitrogens with zero attached hydrogens (tertiary/aromatic N) is 2. The number of carbonyl (C=O) groups excluding carboxylic acids is 1. The normalized spacial score (nSPS) is 12.3. The predicted octanol–water partition coefficient (Wildman–Crippen LogP) is 4.67. The molecule has 130 valence electrons. The Balaban J connectivity index is 1.57. The van der Waals surface area contributed by atoms with Crippen LogP contribution in [-0.4, -0.2) is 21.6 Å². The zero-order valence-electron chi connectivity index (χ0n) is 14.6. The van der Waals surface area contributed by atoms with Crippen molar-refractivity contribution in [2.24, 2.45) is 0 Å².